The third kappa shape index (κ3) is 2.35. The summed E-state index contributed by atoms with van der Waals surface area (Å²) in [5, 5.41) is -0.328. The van der Waals surface area contributed by atoms with Crippen LogP contribution in [0.3, 0.4) is 0 Å². The van der Waals surface area contributed by atoms with Crippen molar-refractivity contribution >= 4 is 27.4 Å². The predicted molar refractivity (Wildman–Crippen MR) is 74.5 cm³/mol. The molecule has 2 saturated heterocycles. The molecular weight excluding hydrogens is 280 g/mol. The standard InChI is InChI=1S/C12H16N4O3S/c1-20(18,19)10-7-15(8-10)12-13-5-9(6-14-12)16-4-2-3-11(16)17/h5-6,10H,2-4,7-8H2,1H3. The number of hydrogen-bond donors (Lipinski definition) is 0. The number of sulfone groups is 1. The van der Waals surface area contributed by atoms with Gasteiger partial charge in [-0.1, -0.05) is 0 Å². The summed E-state index contributed by atoms with van der Waals surface area (Å²) in [6.07, 6.45) is 5.93. The summed E-state index contributed by atoms with van der Waals surface area (Å²) >= 11 is 0. The van der Waals surface area contributed by atoms with Crippen molar-refractivity contribution in [3.63, 3.8) is 0 Å². The van der Waals surface area contributed by atoms with E-state index in [-0.39, 0.29) is 11.2 Å². The van der Waals surface area contributed by atoms with Gasteiger partial charge in [0.1, 0.15) is 0 Å². The second-order valence-corrected chi connectivity index (χ2v) is 7.57. The summed E-state index contributed by atoms with van der Waals surface area (Å²) in [4.78, 5) is 23.6. The molecule has 3 rings (SSSR count). The smallest absolute Gasteiger partial charge is 0.227 e. The second kappa shape index (κ2) is 4.69. The van der Waals surface area contributed by atoms with E-state index in [1.165, 1.54) is 6.26 Å². The van der Waals surface area contributed by atoms with Crippen LogP contribution >= 0.6 is 0 Å². The zero-order valence-electron chi connectivity index (χ0n) is 11.2. The molecule has 0 N–H and O–H groups in total. The molecule has 0 radical (unpaired) electrons. The van der Waals surface area contributed by atoms with Crippen LogP contribution in [0.5, 0.6) is 0 Å². The maximum Gasteiger partial charge on any atom is 0.227 e. The van der Waals surface area contributed by atoms with Gasteiger partial charge in [0.2, 0.25) is 11.9 Å². The molecule has 2 fully saturated rings. The first-order chi connectivity index (χ1) is 9.45. The number of anilines is 2. The Kier molecular flexibility index (Phi) is 3.12. The van der Waals surface area contributed by atoms with Gasteiger partial charge < -0.3 is 9.80 Å². The molecule has 0 aliphatic carbocycles. The number of carbonyl (C=O) groups is 1. The van der Waals surface area contributed by atoms with Gasteiger partial charge >= 0.3 is 0 Å². The van der Waals surface area contributed by atoms with E-state index < -0.39 is 9.84 Å². The van der Waals surface area contributed by atoms with Gasteiger partial charge in [-0.3, -0.25) is 4.79 Å². The lowest BCUT2D eigenvalue weighted by Gasteiger charge is -2.37. The lowest BCUT2D eigenvalue weighted by Crippen LogP contribution is -2.55. The summed E-state index contributed by atoms with van der Waals surface area (Å²) in [5.41, 5.74) is 0.705. The van der Waals surface area contributed by atoms with Gasteiger partial charge in [-0.15, -0.1) is 0 Å². The monoisotopic (exact) mass is 296 g/mol. The summed E-state index contributed by atoms with van der Waals surface area (Å²) in [6, 6.07) is 0. The maximum absolute atomic E-state index is 11.6. The number of nitrogens with zero attached hydrogens (tertiary/aromatic N) is 4. The van der Waals surface area contributed by atoms with Crippen LogP contribution in [0.4, 0.5) is 11.6 Å². The first kappa shape index (κ1) is 13.3. The predicted octanol–water partition coefficient (Wildman–Crippen LogP) is -0.163. The molecule has 0 saturated carbocycles. The Morgan fingerprint density at radius 2 is 1.90 bits per heavy atom. The highest BCUT2D eigenvalue weighted by Gasteiger charge is 2.36. The number of rotatable bonds is 3. The molecule has 0 spiro atoms. The first-order valence-electron chi connectivity index (χ1n) is 6.51. The average Bonchev–Trinajstić information content (AvgIpc) is 2.73. The van der Waals surface area contributed by atoms with Crippen molar-refractivity contribution in [1.82, 2.24) is 9.97 Å². The fourth-order valence-corrected chi connectivity index (χ4v) is 3.31. The molecule has 3 heterocycles. The topological polar surface area (TPSA) is 83.5 Å². The van der Waals surface area contributed by atoms with Crippen molar-refractivity contribution in [2.75, 3.05) is 35.7 Å². The van der Waals surface area contributed by atoms with Gasteiger partial charge in [0.25, 0.3) is 0 Å². The van der Waals surface area contributed by atoms with Crippen molar-refractivity contribution in [1.29, 1.82) is 0 Å². The Morgan fingerprint density at radius 3 is 2.40 bits per heavy atom. The molecule has 1 amide bonds. The quantitative estimate of drug-likeness (QED) is 0.770. The molecule has 0 unspecified atom stereocenters. The second-order valence-electron chi connectivity index (χ2n) is 5.25. The first-order valence-corrected chi connectivity index (χ1v) is 8.47. The van der Waals surface area contributed by atoms with E-state index >= 15 is 0 Å². The van der Waals surface area contributed by atoms with Crippen LogP contribution < -0.4 is 9.80 Å². The minimum Gasteiger partial charge on any atom is -0.338 e. The zero-order valence-corrected chi connectivity index (χ0v) is 12.0. The number of carbonyl (C=O) groups excluding carboxylic acids is 1. The van der Waals surface area contributed by atoms with Gasteiger partial charge in [0.05, 0.1) is 23.3 Å². The molecule has 7 nitrogen and oxygen atoms in total. The normalized spacial score (nSPS) is 20.4. The molecule has 0 bridgehead atoms. The molecule has 1 aromatic heterocycles. The van der Waals surface area contributed by atoms with Gasteiger partial charge in [-0.25, -0.2) is 18.4 Å². The molecule has 20 heavy (non-hydrogen) atoms. The highest BCUT2D eigenvalue weighted by molar-refractivity contribution is 7.91. The van der Waals surface area contributed by atoms with Gasteiger partial charge in [-0.2, -0.15) is 0 Å². The van der Waals surface area contributed by atoms with Crippen LogP contribution in [-0.4, -0.2) is 55.4 Å². The minimum atomic E-state index is -2.99. The molecule has 8 heteroatoms. The maximum atomic E-state index is 11.6. The number of aromatic nitrogens is 2. The number of amides is 1. The Hall–Kier alpha value is -1.70. The van der Waals surface area contributed by atoms with Gasteiger partial charge in [0.15, 0.2) is 9.84 Å². The third-order valence-corrected chi connectivity index (χ3v) is 5.26. The van der Waals surface area contributed by atoms with Crippen LogP contribution in [0, 0.1) is 0 Å². The van der Waals surface area contributed by atoms with Crippen LogP contribution in [-0.2, 0) is 14.6 Å². The van der Waals surface area contributed by atoms with Gasteiger partial charge in [0, 0.05) is 32.3 Å². The molecular formula is C12H16N4O3S. The highest BCUT2D eigenvalue weighted by Crippen LogP contribution is 2.24. The van der Waals surface area contributed by atoms with Crippen LogP contribution in [0.15, 0.2) is 12.4 Å². The lowest BCUT2D eigenvalue weighted by atomic mass is 10.2. The lowest BCUT2D eigenvalue weighted by molar-refractivity contribution is -0.117. The fraction of sp³-hybridized carbons (Fsp3) is 0.583. The summed E-state index contributed by atoms with van der Waals surface area (Å²) in [6.45, 7) is 1.57. The molecule has 2 aliphatic heterocycles. The SMILES string of the molecule is CS(=O)(=O)C1CN(c2ncc(N3CCCC3=O)cn2)C1. The summed E-state index contributed by atoms with van der Waals surface area (Å²) < 4.78 is 22.7. The zero-order chi connectivity index (χ0) is 14.3. The van der Waals surface area contributed by atoms with Crippen molar-refractivity contribution in [2.24, 2.45) is 0 Å². The van der Waals surface area contributed by atoms with E-state index in [9.17, 15) is 13.2 Å². The molecule has 1 aromatic rings. The van der Waals surface area contributed by atoms with Crippen molar-refractivity contribution in [3.8, 4) is 0 Å². The summed E-state index contributed by atoms with van der Waals surface area (Å²) in [7, 11) is -2.99. The Labute approximate surface area is 117 Å². The van der Waals surface area contributed by atoms with Crippen LogP contribution in [0.2, 0.25) is 0 Å². The van der Waals surface area contributed by atoms with E-state index in [1.54, 1.807) is 17.3 Å². The summed E-state index contributed by atoms with van der Waals surface area (Å²) in [5.74, 6) is 0.614. The Bertz CT molecular complexity index is 623. The largest absolute Gasteiger partial charge is 0.338 e. The van der Waals surface area contributed by atoms with E-state index in [0.717, 1.165) is 6.42 Å². The van der Waals surface area contributed by atoms with E-state index in [2.05, 4.69) is 9.97 Å². The van der Waals surface area contributed by atoms with Crippen molar-refractivity contribution < 1.29 is 13.2 Å². The van der Waals surface area contributed by atoms with Crippen LogP contribution in [0.25, 0.3) is 0 Å². The Balaban J connectivity index is 1.67. The van der Waals surface area contributed by atoms with E-state index in [0.29, 0.717) is 37.7 Å². The fourth-order valence-electron chi connectivity index (χ4n) is 2.41. The molecule has 0 atom stereocenters. The molecule has 2 aliphatic rings. The molecule has 108 valence electrons. The Morgan fingerprint density at radius 1 is 1.25 bits per heavy atom. The highest BCUT2D eigenvalue weighted by atomic mass is 32.2. The van der Waals surface area contributed by atoms with Crippen molar-refractivity contribution in [3.05, 3.63) is 12.4 Å². The number of hydrogen-bond acceptors (Lipinski definition) is 6. The average molecular weight is 296 g/mol. The van der Waals surface area contributed by atoms with Crippen molar-refractivity contribution in [2.45, 2.75) is 18.1 Å². The minimum absolute atomic E-state index is 0.0995. The third-order valence-electron chi connectivity index (χ3n) is 3.75. The van der Waals surface area contributed by atoms with E-state index in [1.807, 2.05) is 4.90 Å². The van der Waals surface area contributed by atoms with Crippen LogP contribution in [0.1, 0.15) is 12.8 Å². The molecule has 0 aromatic carbocycles. The van der Waals surface area contributed by atoms with Gasteiger partial charge in [-0.05, 0) is 6.42 Å². The van der Waals surface area contributed by atoms with E-state index in [4.69, 9.17) is 0 Å².